The average Bonchev–Trinajstić information content (AvgIpc) is 2.97. The minimum Gasteiger partial charge on any atom is -0.322 e. The molecule has 1 unspecified atom stereocenters. The third-order valence-electron chi connectivity index (χ3n) is 3.23. The quantitative estimate of drug-likeness (QED) is 0.861. The number of carbonyl (C=O) groups excluding carboxylic acids is 1. The summed E-state index contributed by atoms with van der Waals surface area (Å²) in [5.41, 5.74) is 0.648. The summed E-state index contributed by atoms with van der Waals surface area (Å²) in [4.78, 5) is 20.3. The fourth-order valence-corrected chi connectivity index (χ4v) is 2.21. The van der Waals surface area contributed by atoms with E-state index in [9.17, 15) is 4.79 Å². The Hall–Kier alpha value is -2.28. The summed E-state index contributed by atoms with van der Waals surface area (Å²) >= 11 is 0. The molecular formula is C13H16N6O. The van der Waals surface area contributed by atoms with Gasteiger partial charge < -0.3 is 10.6 Å². The predicted octanol–water partition coefficient (Wildman–Crippen LogP) is 0.743. The lowest BCUT2D eigenvalue weighted by atomic mass is 10.0. The molecule has 0 radical (unpaired) electrons. The SMILES string of the molecule is O=C(Nc1cnn(-c2ncccn2)c1)C1CCCCN1. The monoisotopic (exact) mass is 272 g/mol. The number of hydrogen-bond acceptors (Lipinski definition) is 5. The minimum absolute atomic E-state index is 0.0155. The molecule has 7 nitrogen and oxygen atoms in total. The molecule has 0 bridgehead atoms. The first kappa shape index (κ1) is 12.7. The highest BCUT2D eigenvalue weighted by atomic mass is 16.2. The molecule has 2 N–H and O–H groups in total. The molecule has 1 fully saturated rings. The molecule has 104 valence electrons. The van der Waals surface area contributed by atoms with Crippen molar-refractivity contribution >= 4 is 11.6 Å². The van der Waals surface area contributed by atoms with E-state index in [1.54, 1.807) is 30.9 Å². The van der Waals surface area contributed by atoms with Gasteiger partial charge in [-0.3, -0.25) is 4.79 Å². The van der Waals surface area contributed by atoms with Crippen molar-refractivity contribution in [3.63, 3.8) is 0 Å². The second-order valence-corrected chi connectivity index (χ2v) is 4.71. The van der Waals surface area contributed by atoms with Gasteiger partial charge in [0.25, 0.3) is 0 Å². The molecule has 1 aliphatic heterocycles. The van der Waals surface area contributed by atoms with Gasteiger partial charge in [-0.2, -0.15) is 5.10 Å². The van der Waals surface area contributed by atoms with Crippen molar-refractivity contribution in [2.24, 2.45) is 0 Å². The number of hydrogen-bond donors (Lipinski definition) is 2. The van der Waals surface area contributed by atoms with Crippen LogP contribution in [0.5, 0.6) is 0 Å². The Bertz CT molecular complexity index is 576. The number of amides is 1. The van der Waals surface area contributed by atoms with E-state index in [-0.39, 0.29) is 11.9 Å². The van der Waals surface area contributed by atoms with Crippen molar-refractivity contribution < 1.29 is 4.79 Å². The van der Waals surface area contributed by atoms with E-state index in [1.165, 1.54) is 4.68 Å². The highest BCUT2D eigenvalue weighted by Crippen LogP contribution is 2.12. The van der Waals surface area contributed by atoms with Gasteiger partial charge in [-0.25, -0.2) is 14.6 Å². The van der Waals surface area contributed by atoms with Gasteiger partial charge in [-0.15, -0.1) is 0 Å². The van der Waals surface area contributed by atoms with Crippen molar-refractivity contribution in [1.29, 1.82) is 0 Å². The molecule has 3 rings (SSSR count). The molecule has 3 heterocycles. The van der Waals surface area contributed by atoms with Gasteiger partial charge in [0.2, 0.25) is 11.9 Å². The first-order valence-corrected chi connectivity index (χ1v) is 6.69. The van der Waals surface area contributed by atoms with Crippen LogP contribution in [0, 0.1) is 0 Å². The summed E-state index contributed by atoms with van der Waals surface area (Å²) in [6.45, 7) is 0.898. The number of nitrogens with zero attached hydrogens (tertiary/aromatic N) is 4. The van der Waals surface area contributed by atoms with Crippen molar-refractivity contribution in [2.75, 3.05) is 11.9 Å². The van der Waals surface area contributed by atoms with Crippen molar-refractivity contribution in [2.45, 2.75) is 25.3 Å². The third kappa shape index (κ3) is 2.83. The molecule has 0 spiro atoms. The molecule has 0 aromatic carbocycles. The topological polar surface area (TPSA) is 84.7 Å². The maximum Gasteiger partial charge on any atom is 0.250 e. The number of aromatic nitrogens is 4. The first-order chi connectivity index (χ1) is 9.83. The zero-order valence-corrected chi connectivity index (χ0v) is 11.0. The predicted molar refractivity (Wildman–Crippen MR) is 73.4 cm³/mol. The van der Waals surface area contributed by atoms with E-state index in [4.69, 9.17) is 0 Å². The lowest BCUT2D eigenvalue weighted by molar-refractivity contribution is -0.118. The molecule has 1 saturated heterocycles. The molecule has 7 heteroatoms. The number of nitrogens with one attached hydrogen (secondary N) is 2. The van der Waals surface area contributed by atoms with Gasteiger partial charge >= 0.3 is 0 Å². The molecular weight excluding hydrogens is 256 g/mol. The van der Waals surface area contributed by atoms with Gasteiger partial charge in [0.15, 0.2) is 0 Å². The summed E-state index contributed by atoms with van der Waals surface area (Å²) in [6.07, 6.45) is 9.69. The maximum absolute atomic E-state index is 12.1. The zero-order valence-electron chi connectivity index (χ0n) is 11.0. The number of anilines is 1. The molecule has 2 aromatic rings. The summed E-state index contributed by atoms with van der Waals surface area (Å²) in [5, 5.41) is 10.2. The Morgan fingerprint density at radius 2 is 2.20 bits per heavy atom. The maximum atomic E-state index is 12.1. The van der Waals surface area contributed by atoms with Gasteiger partial charge in [0.1, 0.15) is 0 Å². The van der Waals surface area contributed by atoms with Crippen LogP contribution in [0.4, 0.5) is 5.69 Å². The molecule has 1 atom stereocenters. The van der Waals surface area contributed by atoms with Crippen molar-refractivity contribution in [3.8, 4) is 5.95 Å². The highest BCUT2D eigenvalue weighted by Gasteiger charge is 2.20. The number of rotatable bonds is 3. The fourth-order valence-electron chi connectivity index (χ4n) is 2.21. The second kappa shape index (κ2) is 5.79. The van der Waals surface area contributed by atoms with Gasteiger partial charge in [-0.05, 0) is 25.5 Å². The Morgan fingerprint density at radius 3 is 2.95 bits per heavy atom. The van der Waals surface area contributed by atoms with Crippen molar-refractivity contribution in [3.05, 3.63) is 30.9 Å². The lowest BCUT2D eigenvalue weighted by Gasteiger charge is -2.22. The van der Waals surface area contributed by atoms with Crippen LogP contribution in [0.2, 0.25) is 0 Å². The van der Waals surface area contributed by atoms with E-state index in [2.05, 4.69) is 25.7 Å². The third-order valence-corrected chi connectivity index (χ3v) is 3.23. The van der Waals surface area contributed by atoms with Crippen LogP contribution >= 0.6 is 0 Å². The lowest BCUT2D eigenvalue weighted by Crippen LogP contribution is -2.43. The Balaban J connectivity index is 1.66. The molecule has 1 aliphatic rings. The Kier molecular flexibility index (Phi) is 3.69. The highest BCUT2D eigenvalue weighted by molar-refractivity contribution is 5.94. The smallest absolute Gasteiger partial charge is 0.250 e. The summed E-state index contributed by atoms with van der Waals surface area (Å²) in [7, 11) is 0. The molecule has 2 aromatic heterocycles. The first-order valence-electron chi connectivity index (χ1n) is 6.69. The van der Waals surface area contributed by atoms with Crippen molar-refractivity contribution in [1.82, 2.24) is 25.1 Å². The van der Waals surface area contributed by atoms with Gasteiger partial charge in [0.05, 0.1) is 24.1 Å². The van der Waals surface area contributed by atoms with Crippen LogP contribution in [0.15, 0.2) is 30.9 Å². The van der Waals surface area contributed by atoms with E-state index < -0.39 is 0 Å². The summed E-state index contributed by atoms with van der Waals surface area (Å²) in [6, 6.07) is 1.63. The second-order valence-electron chi connectivity index (χ2n) is 4.71. The van der Waals surface area contributed by atoms with E-state index in [0.717, 1.165) is 25.8 Å². The molecule has 0 aliphatic carbocycles. The summed E-state index contributed by atoms with van der Waals surface area (Å²) in [5.74, 6) is 0.460. The van der Waals surface area contributed by atoms with E-state index >= 15 is 0 Å². The fraction of sp³-hybridized carbons (Fsp3) is 0.385. The molecule has 0 saturated carbocycles. The van der Waals surface area contributed by atoms with Crippen LogP contribution < -0.4 is 10.6 Å². The van der Waals surface area contributed by atoms with E-state index in [1.807, 2.05) is 0 Å². The van der Waals surface area contributed by atoms with Crippen LogP contribution in [-0.2, 0) is 4.79 Å². The zero-order chi connectivity index (χ0) is 13.8. The van der Waals surface area contributed by atoms with E-state index in [0.29, 0.717) is 11.6 Å². The summed E-state index contributed by atoms with van der Waals surface area (Å²) < 4.78 is 1.53. The molecule has 1 amide bonds. The average molecular weight is 272 g/mol. The Labute approximate surface area is 116 Å². The Morgan fingerprint density at radius 1 is 1.35 bits per heavy atom. The number of carbonyl (C=O) groups is 1. The van der Waals surface area contributed by atoms with Crippen LogP contribution in [0.25, 0.3) is 5.95 Å². The van der Waals surface area contributed by atoms with Crippen LogP contribution in [0.1, 0.15) is 19.3 Å². The minimum atomic E-state index is -0.111. The van der Waals surface area contributed by atoms with Gasteiger partial charge in [0, 0.05) is 12.4 Å². The van der Waals surface area contributed by atoms with Crippen LogP contribution in [-0.4, -0.2) is 38.2 Å². The largest absolute Gasteiger partial charge is 0.322 e. The van der Waals surface area contributed by atoms with Gasteiger partial charge in [-0.1, -0.05) is 6.42 Å². The molecule has 20 heavy (non-hydrogen) atoms. The normalized spacial score (nSPS) is 18.7. The van der Waals surface area contributed by atoms with Crippen LogP contribution in [0.3, 0.4) is 0 Å². The number of piperidine rings is 1. The standard InChI is InChI=1S/C13H16N6O/c20-12(11-4-1-2-5-14-11)18-10-8-17-19(9-10)13-15-6-3-7-16-13/h3,6-9,11,14H,1-2,4-5H2,(H,18,20).